The zero-order valence-corrected chi connectivity index (χ0v) is 22.8. The molecule has 39 heavy (non-hydrogen) atoms. The fourth-order valence-corrected chi connectivity index (χ4v) is 4.83. The second kappa shape index (κ2) is 9.92. The van der Waals surface area contributed by atoms with Crippen LogP contribution in [-0.2, 0) is 9.31 Å². The summed E-state index contributed by atoms with van der Waals surface area (Å²) < 4.78 is 13.1. The van der Waals surface area contributed by atoms with E-state index in [4.69, 9.17) is 19.3 Å². The zero-order valence-electron chi connectivity index (χ0n) is 22.8. The Labute approximate surface area is 230 Å². The van der Waals surface area contributed by atoms with E-state index >= 15 is 0 Å². The highest BCUT2D eigenvalue weighted by atomic mass is 16.7. The van der Waals surface area contributed by atoms with E-state index in [9.17, 15) is 0 Å². The summed E-state index contributed by atoms with van der Waals surface area (Å²) >= 11 is 0. The molecule has 0 radical (unpaired) electrons. The summed E-state index contributed by atoms with van der Waals surface area (Å²) in [6.45, 7) is 8.33. The van der Waals surface area contributed by atoms with Gasteiger partial charge in [0.25, 0.3) is 0 Å². The molecular formula is C34H31BN2O2. The minimum Gasteiger partial charge on any atom is -0.399 e. The highest BCUT2D eigenvalue weighted by Gasteiger charge is 2.52. The molecule has 1 aliphatic rings. The van der Waals surface area contributed by atoms with Gasteiger partial charge in [-0.1, -0.05) is 109 Å². The second-order valence-electron chi connectivity index (χ2n) is 11.0. The van der Waals surface area contributed by atoms with E-state index in [1.807, 2.05) is 54.6 Å². The molecule has 0 unspecified atom stereocenters. The largest absolute Gasteiger partial charge is 0.495 e. The average molecular weight is 510 g/mol. The number of hydrogen-bond acceptors (Lipinski definition) is 4. The number of aromatic nitrogens is 2. The van der Waals surface area contributed by atoms with E-state index in [1.165, 1.54) is 0 Å². The summed E-state index contributed by atoms with van der Waals surface area (Å²) in [6.07, 6.45) is 0. The Hall–Kier alpha value is -4.06. The van der Waals surface area contributed by atoms with Gasteiger partial charge < -0.3 is 9.31 Å². The molecule has 4 aromatic carbocycles. The number of nitrogens with zero attached hydrogens (tertiary/aromatic N) is 2. The van der Waals surface area contributed by atoms with Gasteiger partial charge in [0.15, 0.2) is 5.82 Å². The van der Waals surface area contributed by atoms with Gasteiger partial charge >= 0.3 is 7.12 Å². The summed E-state index contributed by atoms with van der Waals surface area (Å²) in [5.41, 5.74) is 6.92. The van der Waals surface area contributed by atoms with Gasteiger partial charge in [-0.2, -0.15) is 0 Å². The van der Waals surface area contributed by atoms with Crippen LogP contribution >= 0.6 is 0 Å². The molecule has 1 saturated heterocycles. The van der Waals surface area contributed by atoms with Gasteiger partial charge in [0.05, 0.1) is 22.6 Å². The van der Waals surface area contributed by atoms with Crippen molar-refractivity contribution in [2.24, 2.45) is 0 Å². The maximum absolute atomic E-state index is 6.57. The highest BCUT2D eigenvalue weighted by Crippen LogP contribution is 2.38. The SMILES string of the molecule is CC1(C)OB(c2cc(-c3ccccc3)ccc2-c2cc(-c3ccccc3)nc(-c3ccccc3)n2)OC1(C)C. The number of hydrogen-bond donors (Lipinski definition) is 0. The van der Waals surface area contributed by atoms with E-state index in [-0.39, 0.29) is 0 Å². The van der Waals surface area contributed by atoms with Crippen molar-refractivity contribution in [3.05, 3.63) is 115 Å². The third-order valence-electron chi connectivity index (χ3n) is 7.77. The van der Waals surface area contributed by atoms with Gasteiger partial charge in [-0.25, -0.2) is 9.97 Å². The smallest absolute Gasteiger partial charge is 0.399 e. The molecule has 192 valence electrons. The number of benzene rings is 4. The molecule has 0 amide bonds. The van der Waals surface area contributed by atoms with Crippen molar-refractivity contribution in [2.75, 3.05) is 0 Å². The van der Waals surface area contributed by atoms with E-state index < -0.39 is 18.3 Å². The Morgan fingerprint density at radius 3 is 1.62 bits per heavy atom. The molecule has 5 aromatic rings. The van der Waals surface area contributed by atoms with Crippen molar-refractivity contribution in [1.29, 1.82) is 0 Å². The Morgan fingerprint density at radius 2 is 1.03 bits per heavy atom. The molecule has 0 atom stereocenters. The predicted octanol–water partition coefficient (Wildman–Crippen LogP) is 7.44. The van der Waals surface area contributed by atoms with Crippen molar-refractivity contribution in [3.8, 4) is 45.0 Å². The lowest BCUT2D eigenvalue weighted by atomic mass is 9.74. The summed E-state index contributed by atoms with van der Waals surface area (Å²) in [7, 11) is -0.538. The number of rotatable bonds is 5. The molecule has 2 heterocycles. The molecular weight excluding hydrogens is 479 g/mol. The minimum atomic E-state index is -0.538. The molecule has 1 fully saturated rings. The van der Waals surface area contributed by atoms with Gasteiger partial charge in [0.1, 0.15) is 0 Å². The molecule has 0 spiro atoms. The normalized spacial score (nSPS) is 15.8. The first-order chi connectivity index (χ1) is 18.8. The Balaban J connectivity index is 1.56. The molecule has 6 rings (SSSR count). The van der Waals surface area contributed by atoms with Crippen molar-refractivity contribution < 1.29 is 9.31 Å². The van der Waals surface area contributed by atoms with Crippen molar-refractivity contribution in [3.63, 3.8) is 0 Å². The Bertz CT molecular complexity index is 1530. The Morgan fingerprint density at radius 1 is 0.513 bits per heavy atom. The van der Waals surface area contributed by atoms with Crippen LogP contribution in [-0.4, -0.2) is 28.3 Å². The average Bonchev–Trinajstić information content (AvgIpc) is 3.20. The van der Waals surface area contributed by atoms with Crippen LogP contribution in [0.3, 0.4) is 0 Å². The first kappa shape index (κ1) is 25.2. The topological polar surface area (TPSA) is 44.2 Å². The van der Waals surface area contributed by atoms with Crippen molar-refractivity contribution >= 4 is 12.6 Å². The first-order valence-electron chi connectivity index (χ1n) is 13.4. The summed E-state index contributed by atoms with van der Waals surface area (Å²) in [5.74, 6) is 0.680. The minimum absolute atomic E-state index is 0.465. The quantitative estimate of drug-likeness (QED) is 0.231. The van der Waals surface area contributed by atoms with Gasteiger partial charge in [-0.3, -0.25) is 0 Å². The second-order valence-corrected chi connectivity index (χ2v) is 11.0. The van der Waals surface area contributed by atoms with Crippen LogP contribution in [0.15, 0.2) is 115 Å². The molecule has 5 heteroatoms. The lowest BCUT2D eigenvalue weighted by molar-refractivity contribution is 0.00578. The molecule has 1 aromatic heterocycles. The summed E-state index contributed by atoms with van der Waals surface area (Å²) in [4.78, 5) is 10.0. The van der Waals surface area contributed by atoms with Gasteiger partial charge in [-0.15, -0.1) is 0 Å². The van der Waals surface area contributed by atoms with Gasteiger partial charge in [0.2, 0.25) is 0 Å². The van der Waals surface area contributed by atoms with Crippen LogP contribution in [0.5, 0.6) is 0 Å². The molecule has 0 aliphatic carbocycles. The predicted molar refractivity (Wildman–Crippen MR) is 159 cm³/mol. The van der Waals surface area contributed by atoms with Crippen molar-refractivity contribution in [1.82, 2.24) is 9.97 Å². The maximum Gasteiger partial charge on any atom is 0.495 e. The summed E-state index contributed by atoms with van der Waals surface area (Å²) in [5, 5.41) is 0. The fourth-order valence-electron chi connectivity index (χ4n) is 4.83. The van der Waals surface area contributed by atoms with Crippen LogP contribution in [0.2, 0.25) is 0 Å². The first-order valence-corrected chi connectivity index (χ1v) is 13.4. The molecule has 0 bridgehead atoms. The van der Waals surface area contributed by atoms with Crippen LogP contribution in [0.25, 0.3) is 45.0 Å². The molecule has 0 saturated carbocycles. The van der Waals surface area contributed by atoms with Crippen LogP contribution in [0.1, 0.15) is 27.7 Å². The lowest BCUT2D eigenvalue weighted by Gasteiger charge is -2.32. The monoisotopic (exact) mass is 510 g/mol. The van der Waals surface area contributed by atoms with Gasteiger partial charge in [-0.05, 0) is 50.4 Å². The standard InChI is InChI=1S/C34H31BN2O2/c1-33(2)34(3,4)39-35(38-33)29-22-27(24-14-8-5-9-15-24)20-21-28(29)31-23-30(25-16-10-6-11-17-25)36-32(37-31)26-18-12-7-13-19-26/h5-23H,1-4H3. The maximum atomic E-state index is 6.57. The van der Waals surface area contributed by atoms with E-state index in [2.05, 4.69) is 88.4 Å². The van der Waals surface area contributed by atoms with Gasteiger partial charge in [0, 0.05) is 16.7 Å². The van der Waals surface area contributed by atoms with Crippen LogP contribution < -0.4 is 5.46 Å². The Kier molecular flexibility index (Phi) is 6.42. The zero-order chi connectivity index (χ0) is 27.0. The van der Waals surface area contributed by atoms with E-state index in [1.54, 1.807) is 0 Å². The van der Waals surface area contributed by atoms with E-state index in [0.717, 1.165) is 44.7 Å². The third kappa shape index (κ3) is 4.92. The van der Waals surface area contributed by atoms with Crippen LogP contribution in [0, 0.1) is 0 Å². The van der Waals surface area contributed by atoms with E-state index in [0.29, 0.717) is 5.82 Å². The third-order valence-corrected chi connectivity index (χ3v) is 7.77. The highest BCUT2D eigenvalue weighted by molar-refractivity contribution is 6.64. The lowest BCUT2D eigenvalue weighted by Crippen LogP contribution is -2.41. The molecule has 0 N–H and O–H groups in total. The van der Waals surface area contributed by atoms with Crippen LogP contribution in [0.4, 0.5) is 0 Å². The fraction of sp³-hybridized carbons (Fsp3) is 0.176. The summed E-state index contributed by atoms with van der Waals surface area (Å²) in [6, 6.07) is 39.3. The molecule has 1 aliphatic heterocycles. The van der Waals surface area contributed by atoms with Crippen molar-refractivity contribution in [2.45, 2.75) is 38.9 Å². The molecule has 4 nitrogen and oxygen atoms in total.